The van der Waals surface area contributed by atoms with Crippen molar-refractivity contribution in [1.82, 2.24) is 34.2 Å². The van der Waals surface area contributed by atoms with Crippen molar-refractivity contribution in [3.05, 3.63) is 58.1 Å². The smallest absolute Gasteiger partial charge is 0.280 e. The topological polar surface area (TPSA) is 108 Å². The Morgan fingerprint density at radius 3 is 2.80 bits per heavy atom. The van der Waals surface area contributed by atoms with Crippen LogP contribution in [-0.2, 0) is 13.6 Å². The molecule has 6 rings (SSSR count). The Bertz CT molecular complexity index is 1320. The lowest BCUT2D eigenvalue weighted by Gasteiger charge is -2.20. The molecule has 2 fully saturated rings. The Labute approximate surface area is 175 Å². The van der Waals surface area contributed by atoms with Crippen molar-refractivity contribution in [2.24, 2.45) is 18.9 Å². The molecule has 1 aliphatic carbocycles. The number of anilines is 1. The Kier molecular flexibility index (Phi) is 3.73. The molecule has 0 radical (unpaired) electrons. The van der Waals surface area contributed by atoms with Gasteiger partial charge in [-0.3, -0.25) is 9.36 Å². The van der Waals surface area contributed by atoms with E-state index in [2.05, 4.69) is 30.0 Å². The number of aryl methyl sites for hydroxylation is 1. The standard InChI is InChI=1S/C19H17ClN8O2/c1-26-8-22-18-16(26)19(29)28(9-23-18)7-14-24-17(25-30-14)15-11-5-27(6-12(11)15)13-4-10(20)2-3-21-13/h2-4,8-9,11-12,15H,5-7H2,1H3/t11-,12+,15-. The molecule has 0 N–H and O–H groups in total. The summed E-state index contributed by atoms with van der Waals surface area (Å²) >= 11 is 6.08. The highest BCUT2D eigenvalue weighted by Gasteiger charge is 2.58. The van der Waals surface area contributed by atoms with Gasteiger partial charge < -0.3 is 14.0 Å². The molecule has 0 aromatic carbocycles. The fourth-order valence-corrected chi connectivity index (χ4v) is 4.61. The van der Waals surface area contributed by atoms with E-state index in [1.807, 2.05) is 6.07 Å². The van der Waals surface area contributed by atoms with E-state index >= 15 is 0 Å². The largest absolute Gasteiger partial charge is 0.356 e. The van der Waals surface area contributed by atoms with Gasteiger partial charge in [0, 0.05) is 37.3 Å². The first kappa shape index (κ1) is 17.6. The number of aromatic nitrogens is 7. The molecule has 0 unspecified atom stereocenters. The second kappa shape index (κ2) is 6.36. The van der Waals surface area contributed by atoms with Crippen LogP contribution in [0, 0.1) is 11.8 Å². The van der Waals surface area contributed by atoms with Gasteiger partial charge in [0.1, 0.15) is 18.7 Å². The third-order valence-electron chi connectivity index (χ3n) is 6.01. The fourth-order valence-electron chi connectivity index (χ4n) is 4.46. The summed E-state index contributed by atoms with van der Waals surface area (Å²) in [6, 6.07) is 3.66. The van der Waals surface area contributed by atoms with Crippen LogP contribution in [0.5, 0.6) is 0 Å². The molecule has 5 heterocycles. The van der Waals surface area contributed by atoms with Crippen LogP contribution in [0.3, 0.4) is 0 Å². The van der Waals surface area contributed by atoms with Crippen LogP contribution in [-0.4, -0.2) is 47.3 Å². The number of imidazole rings is 1. The molecular formula is C19H17ClN8O2. The lowest BCUT2D eigenvalue weighted by Crippen LogP contribution is -2.24. The molecule has 4 aromatic rings. The minimum Gasteiger partial charge on any atom is -0.356 e. The van der Waals surface area contributed by atoms with Crippen molar-refractivity contribution in [2.45, 2.75) is 12.5 Å². The first-order chi connectivity index (χ1) is 14.6. The monoisotopic (exact) mass is 424 g/mol. The van der Waals surface area contributed by atoms with Gasteiger partial charge in [0.15, 0.2) is 17.0 Å². The molecule has 3 atom stereocenters. The Morgan fingerprint density at radius 2 is 2.00 bits per heavy atom. The minimum atomic E-state index is -0.187. The van der Waals surface area contributed by atoms with E-state index < -0.39 is 0 Å². The molecule has 152 valence electrons. The Hall–Kier alpha value is -3.27. The third-order valence-corrected chi connectivity index (χ3v) is 6.25. The maximum atomic E-state index is 12.7. The van der Waals surface area contributed by atoms with Crippen molar-refractivity contribution in [1.29, 1.82) is 0 Å². The number of piperidine rings is 1. The normalized spacial score (nSPS) is 22.6. The summed E-state index contributed by atoms with van der Waals surface area (Å²) in [6.45, 7) is 1.97. The van der Waals surface area contributed by atoms with Gasteiger partial charge in [-0.2, -0.15) is 4.98 Å². The fraction of sp³-hybridized carbons (Fsp3) is 0.368. The van der Waals surface area contributed by atoms with Gasteiger partial charge in [0.25, 0.3) is 5.56 Å². The van der Waals surface area contributed by atoms with Gasteiger partial charge in [-0.05, 0) is 24.0 Å². The zero-order valence-corrected chi connectivity index (χ0v) is 16.8. The van der Waals surface area contributed by atoms with Crippen LogP contribution in [0.1, 0.15) is 17.6 Å². The number of pyridine rings is 1. The number of fused-ring (bicyclic) bond motifs is 2. The molecule has 11 heteroatoms. The SMILES string of the molecule is Cn1cnc2ncn(Cc3nc([C@@H]4[C@@H]5CN(c6cc(Cl)ccn6)C[C@@H]54)no3)c(=O)c21. The highest BCUT2D eigenvalue weighted by molar-refractivity contribution is 6.30. The molecular weight excluding hydrogens is 408 g/mol. The highest BCUT2D eigenvalue weighted by Crippen LogP contribution is 2.57. The van der Waals surface area contributed by atoms with Gasteiger partial charge in [-0.25, -0.2) is 15.0 Å². The lowest BCUT2D eigenvalue weighted by molar-refractivity contribution is 0.363. The number of hydrogen-bond donors (Lipinski definition) is 0. The predicted octanol–water partition coefficient (Wildman–Crippen LogP) is 1.46. The van der Waals surface area contributed by atoms with Gasteiger partial charge in [-0.15, -0.1) is 0 Å². The van der Waals surface area contributed by atoms with E-state index in [1.54, 1.807) is 30.2 Å². The van der Waals surface area contributed by atoms with Crippen molar-refractivity contribution >= 4 is 28.6 Å². The van der Waals surface area contributed by atoms with Crippen LogP contribution in [0.15, 0.2) is 40.3 Å². The van der Waals surface area contributed by atoms with E-state index in [-0.39, 0.29) is 18.0 Å². The summed E-state index contributed by atoms with van der Waals surface area (Å²) in [4.78, 5) is 32.2. The third kappa shape index (κ3) is 2.71. The molecule has 1 saturated heterocycles. The molecule has 2 aliphatic rings. The van der Waals surface area contributed by atoms with Crippen LogP contribution in [0.25, 0.3) is 11.2 Å². The second-order valence-corrected chi connectivity index (χ2v) is 8.28. The van der Waals surface area contributed by atoms with E-state index in [0.717, 1.165) is 18.9 Å². The Balaban J connectivity index is 1.17. The average Bonchev–Trinajstić information content (AvgIpc) is 3.16. The summed E-state index contributed by atoms with van der Waals surface area (Å²) in [5, 5.41) is 4.86. The summed E-state index contributed by atoms with van der Waals surface area (Å²) in [5.41, 5.74) is 0.686. The molecule has 10 nitrogen and oxygen atoms in total. The maximum absolute atomic E-state index is 12.7. The number of halogens is 1. The quantitative estimate of drug-likeness (QED) is 0.484. The average molecular weight is 425 g/mol. The van der Waals surface area contributed by atoms with Crippen LogP contribution in [0.4, 0.5) is 5.82 Å². The summed E-state index contributed by atoms with van der Waals surface area (Å²) < 4.78 is 8.55. The van der Waals surface area contributed by atoms with E-state index in [9.17, 15) is 4.79 Å². The predicted molar refractivity (Wildman–Crippen MR) is 107 cm³/mol. The van der Waals surface area contributed by atoms with E-state index in [1.165, 1.54) is 10.9 Å². The van der Waals surface area contributed by atoms with Gasteiger partial charge in [-0.1, -0.05) is 16.8 Å². The summed E-state index contributed by atoms with van der Waals surface area (Å²) in [5.74, 6) is 3.25. The first-order valence-corrected chi connectivity index (χ1v) is 10.0. The van der Waals surface area contributed by atoms with Gasteiger partial charge in [0.2, 0.25) is 5.89 Å². The van der Waals surface area contributed by atoms with Gasteiger partial charge >= 0.3 is 0 Å². The molecule has 4 aromatic heterocycles. The van der Waals surface area contributed by atoms with Crippen molar-refractivity contribution < 1.29 is 4.52 Å². The second-order valence-electron chi connectivity index (χ2n) is 7.84. The zero-order chi connectivity index (χ0) is 20.4. The van der Waals surface area contributed by atoms with E-state index in [4.69, 9.17) is 16.1 Å². The molecule has 0 spiro atoms. The zero-order valence-electron chi connectivity index (χ0n) is 16.0. The number of rotatable bonds is 4. The Morgan fingerprint density at radius 1 is 1.20 bits per heavy atom. The molecule has 30 heavy (non-hydrogen) atoms. The minimum absolute atomic E-state index is 0.181. The molecule has 0 amide bonds. The van der Waals surface area contributed by atoms with Crippen LogP contribution >= 0.6 is 11.6 Å². The molecule has 0 bridgehead atoms. The number of hydrogen-bond acceptors (Lipinski definition) is 8. The van der Waals surface area contributed by atoms with Crippen molar-refractivity contribution in [3.63, 3.8) is 0 Å². The van der Waals surface area contributed by atoms with Crippen molar-refractivity contribution in [3.8, 4) is 0 Å². The van der Waals surface area contributed by atoms with Crippen molar-refractivity contribution in [2.75, 3.05) is 18.0 Å². The summed E-state index contributed by atoms with van der Waals surface area (Å²) in [6.07, 6.45) is 4.76. The summed E-state index contributed by atoms with van der Waals surface area (Å²) in [7, 11) is 1.77. The lowest BCUT2D eigenvalue weighted by atomic mass is 10.2. The first-order valence-electron chi connectivity index (χ1n) is 9.64. The number of nitrogens with zero attached hydrogens (tertiary/aromatic N) is 8. The molecule has 1 saturated carbocycles. The van der Waals surface area contributed by atoms with Crippen LogP contribution in [0.2, 0.25) is 5.02 Å². The highest BCUT2D eigenvalue weighted by atomic mass is 35.5. The van der Waals surface area contributed by atoms with E-state index in [0.29, 0.717) is 39.7 Å². The maximum Gasteiger partial charge on any atom is 0.280 e. The van der Waals surface area contributed by atoms with Crippen LogP contribution < -0.4 is 10.5 Å². The molecule has 1 aliphatic heterocycles. The van der Waals surface area contributed by atoms with Gasteiger partial charge in [0.05, 0.1) is 6.33 Å².